The summed E-state index contributed by atoms with van der Waals surface area (Å²) in [6.07, 6.45) is 0.192. The van der Waals surface area contributed by atoms with E-state index in [0.29, 0.717) is 18.1 Å². The van der Waals surface area contributed by atoms with E-state index in [1.807, 2.05) is 49.4 Å². The van der Waals surface area contributed by atoms with Gasteiger partial charge in [0.2, 0.25) is 5.91 Å². The van der Waals surface area contributed by atoms with Gasteiger partial charge in [-0.05, 0) is 24.1 Å². The Balaban J connectivity index is 1.55. The first-order valence-corrected chi connectivity index (χ1v) is 8.64. The number of ether oxygens (including phenoxy) is 1. The number of nitrogens with zero attached hydrogens (tertiary/aromatic N) is 1. The summed E-state index contributed by atoms with van der Waals surface area (Å²) in [5.74, 6) is -0.784. The van der Waals surface area contributed by atoms with Crippen molar-refractivity contribution in [1.82, 2.24) is 4.90 Å². The largest absolute Gasteiger partial charge is 0.461 e. The summed E-state index contributed by atoms with van der Waals surface area (Å²) in [6.45, 7) is 3.03. The van der Waals surface area contributed by atoms with Crippen LogP contribution in [0.25, 0.3) is 0 Å². The quantitative estimate of drug-likeness (QED) is 0.766. The molecule has 0 N–H and O–H groups in total. The summed E-state index contributed by atoms with van der Waals surface area (Å²) in [5.41, 5.74) is 2.98. The fourth-order valence-electron chi connectivity index (χ4n) is 2.87. The van der Waals surface area contributed by atoms with Crippen molar-refractivity contribution in [2.75, 3.05) is 6.54 Å². The molecule has 1 aliphatic rings. The van der Waals surface area contributed by atoms with Crippen molar-refractivity contribution in [3.05, 3.63) is 70.2 Å². The Morgan fingerprint density at radius 3 is 2.64 bits per heavy atom. The lowest BCUT2D eigenvalue weighted by atomic mass is 10.1. The normalized spacial score (nSPS) is 17.0. The number of likely N-dealkylation sites (tertiary alicyclic amines) is 1. The van der Waals surface area contributed by atoms with Gasteiger partial charge in [0, 0.05) is 24.5 Å². The molecule has 25 heavy (non-hydrogen) atoms. The molecule has 0 aromatic heterocycles. The van der Waals surface area contributed by atoms with Crippen molar-refractivity contribution < 1.29 is 14.3 Å². The highest BCUT2D eigenvalue weighted by molar-refractivity contribution is 6.31. The van der Waals surface area contributed by atoms with Crippen molar-refractivity contribution in [3.63, 3.8) is 0 Å². The molecule has 0 radical (unpaired) electrons. The van der Waals surface area contributed by atoms with Crippen LogP contribution in [-0.4, -0.2) is 23.3 Å². The molecule has 0 saturated carbocycles. The molecule has 0 spiro atoms. The number of halogens is 1. The van der Waals surface area contributed by atoms with Crippen LogP contribution in [0.4, 0.5) is 0 Å². The van der Waals surface area contributed by atoms with Gasteiger partial charge < -0.3 is 9.64 Å². The Kier molecular flexibility index (Phi) is 5.39. The monoisotopic (exact) mass is 357 g/mol. The second-order valence-electron chi connectivity index (χ2n) is 6.36. The van der Waals surface area contributed by atoms with Crippen LogP contribution in [0.1, 0.15) is 23.1 Å². The van der Waals surface area contributed by atoms with E-state index in [1.54, 1.807) is 11.0 Å². The van der Waals surface area contributed by atoms with Gasteiger partial charge in [0.25, 0.3) is 0 Å². The van der Waals surface area contributed by atoms with Crippen LogP contribution >= 0.6 is 11.6 Å². The fourth-order valence-corrected chi connectivity index (χ4v) is 3.07. The van der Waals surface area contributed by atoms with Crippen molar-refractivity contribution in [3.8, 4) is 0 Å². The first kappa shape index (κ1) is 17.5. The molecule has 0 unspecified atom stereocenters. The lowest BCUT2D eigenvalue weighted by molar-refractivity contribution is -0.149. The number of hydrogen-bond donors (Lipinski definition) is 0. The molecule has 1 saturated heterocycles. The third-order valence-corrected chi connectivity index (χ3v) is 4.74. The smallest absolute Gasteiger partial charge is 0.311 e. The number of carbonyl (C=O) groups excluding carboxylic acids is 2. The van der Waals surface area contributed by atoms with E-state index in [1.165, 1.54) is 0 Å². The zero-order valence-corrected chi connectivity index (χ0v) is 14.8. The molecule has 1 fully saturated rings. The van der Waals surface area contributed by atoms with E-state index in [-0.39, 0.29) is 24.9 Å². The number of rotatable bonds is 5. The van der Waals surface area contributed by atoms with Gasteiger partial charge in [-0.3, -0.25) is 9.59 Å². The van der Waals surface area contributed by atoms with Gasteiger partial charge in [0.1, 0.15) is 6.61 Å². The Labute approximate surface area is 152 Å². The van der Waals surface area contributed by atoms with Crippen LogP contribution in [0.2, 0.25) is 5.02 Å². The lowest BCUT2D eigenvalue weighted by Gasteiger charge is -2.17. The molecule has 2 aromatic carbocycles. The van der Waals surface area contributed by atoms with Crippen LogP contribution in [0.15, 0.2) is 48.5 Å². The Morgan fingerprint density at radius 2 is 1.92 bits per heavy atom. The second kappa shape index (κ2) is 7.70. The molecule has 1 aliphatic heterocycles. The molecule has 1 atom stereocenters. The summed E-state index contributed by atoms with van der Waals surface area (Å²) >= 11 is 6.15. The first-order valence-electron chi connectivity index (χ1n) is 8.26. The van der Waals surface area contributed by atoms with Crippen molar-refractivity contribution in [2.24, 2.45) is 5.92 Å². The minimum atomic E-state index is -0.416. The van der Waals surface area contributed by atoms with E-state index in [9.17, 15) is 9.59 Å². The summed E-state index contributed by atoms with van der Waals surface area (Å²) < 4.78 is 5.38. The van der Waals surface area contributed by atoms with E-state index >= 15 is 0 Å². The molecular formula is C20H20ClNO3. The molecule has 0 bridgehead atoms. The highest BCUT2D eigenvalue weighted by atomic mass is 35.5. The second-order valence-corrected chi connectivity index (χ2v) is 6.77. The maximum Gasteiger partial charge on any atom is 0.311 e. The zero-order chi connectivity index (χ0) is 17.8. The topological polar surface area (TPSA) is 46.6 Å². The van der Waals surface area contributed by atoms with Crippen LogP contribution in [0, 0.1) is 12.8 Å². The van der Waals surface area contributed by atoms with Gasteiger partial charge in [-0.2, -0.15) is 0 Å². The minimum absolute atomic E-state index is 0.0443. The van der Waals surface area contributed by atoms with Gasteiger partial charge in [-0.1, -0.05) is 59.6 Å². The molecule has 0 aliphatic carbocycles. The molecule has 2 aromatic rings. The minimum Gasteiger partial charge on any atom is -0.461 e. The van der Waals surface area contributed by atoms with Gasteiger partial charge in [-0.25, -0.2) is 0 Å². The van der Waals surface area contributed by atoms with Crippen molar-refractivity contribution in [2.45, 2.75) is 26.5 Å². The predicted octanol–water partition coefficient (Wildman–Crippen LogP) is 3.74. The molecule has 1 amide bonds. The number of carbonyl (C=O) groups is 2. The van der Waals surface area contributed by atoms with E-state index in [0.717, 1.165) is 16.7 Å². The van der Waals surface area contributed by atoms with Crippen LogP contribution in [0.3, 0.4) is 0 Å². The number of esters is 1. The molecule has 4 nitrogen and oxygen atoms in total. The fraction of sp³-hybridized carbons (Fsp3) is 0.300. The van der Waals surface area contributed by atoms with Gasteiger partial charge >= 0.3 is 5.97 Å². The average Bonchev–Trinajstić information content (AvgIpc) is 2.97. The SMILES string of the molecule is Cc1ccc(COC(=O)[C@H]2CC(=O)N(Cc3ccccc3Cl)C2)cc1. The van der Waals surface area contributed by atoms with Gasteiger partial charge in [0.15, 0.2) is 0 Å². The predicted molar refractivity (Wildman–Crippen MR) is 96.0 cm³/mol. The van der Waals surface area contributed by atoms with E-state index in [4.69, 9.17) is 16.3 Å². The summed E-state index contributed by atoms with van der Waals surface area (Å²) in [7, 11) is 0. The van der Waals surface area contributed by atoms with Crippen LogP contribution in [-0.2, 0) is 27.5 Å². The third-order valence-electron chi connectivity index (χ3n) is 4.37. The van der Waals surface area contributed by atoms with Crippen LogP contribution in [0.5, 0.6) is 0 Å². The molecule has 130 valence electrons. The third kappa shape index (κ3) is 4.40. The van der Waals surface area contributed by atoms with Gasteiger partial charge in [-0.15, -0.1) is 0 Å². The zero-order valence-electron chi connectivity index (χ0n) is 14.1. The Bertz CT molecular complexity index is 773. The molecule has 1 heterocycles. The summed E-state index contributed by atoms with van der Waals surface area (Å²) in [5, 5.41) is 0.626. The van der Waals surface area contributed by atoms with E-state index < -0.39 is 5.92 Å². The number of benzene rings is 2. The number of hydrogen-bond acceptors (Lipinski definition) is 3. The molecular weight excluding hydrogens is 338 g/mol. The van der Waals surface area contributed by atoms with Crippen molar-refractivity contribution in [1.29, 1.82) is 0 Å². The number of amides is 1. The highest BCUT2D eigenvalue weighted by Gasteiger charge is 2.35. The molecule has 3 rings (SSSR count). The Morgan fingerprint density at radius 1 is 1.20 bits per heavy atom. The van der Waals surface area contributed by atoms with E-state index in [2.05, 4.69) is 0 Å². The maximum absolute atomic E-state index is 12.3. The summed E-state index contributed by atoms with van der Waals surface area (Å²) in [6, 6.07) is 15.3. The highest BCUT2D eigenvalue weighted by Crippen LogP contribution is 2.24. The summed E-state index contributed by atoms with van der Waals surface area (Å²) in [4.78, 5) is 26.1. The molecule has 5 heteroatoms. The van der Waals surface area contributed by atoms with Crippen molar-refractivity contribution >= 4 is 23.5 Å². The standard InChI is InChI=1S/C20H20ClNO3/c1-14-6-8-15(9-7-14)13-25-20(24)17-10-19(23)22(12-17)11-16-4-2-3-5-18(16)21/h2-9,17H,10-13H2,1H3/t17-/m0/s1. The van der Waals surface area contributed by atoms with Gasteiger partial charge in [0.05, 0.1) is 5.92 Å². The Hall–Kier alpha value is -2.33. The maximum atomic E-state index is 12.3. The number of aryl methyl sites for hydroxylation is 1. The lowest BCUT2D eigenvalue weighted by Crippen LogP contribution is -2.26. The average molecular weight is 358 g/mol. The first-order chi connectivity index (χ1) is 12.0. The van der Waals surface area contributed by atoms with Crippen LogP contribution < -0.4 is 0 Å².